The molecule has 1 aromatic carbocycles. The van der Waals surface area contributed by atoms with Crippen LogP contribution in [-0.2, 0) is 9.59 Å². The van der Waals surface area contributed by atoms with Crippen LogP contribution in [0.3, 0.4) is 0 Å². The van der Waals surface area contributed by atoms with Crippen LogP contribution < -0.4 is 11.1 Å². The highest BCUT2D eigenvalue weighted by Crippen LogP contribution is 2.25. The Hall–Kier alpha value is -1.30. The van der Waals surface area contributed by atoms with Crippen molar-refractivity contribution in [3.05, 3.63) is 28.2 Å². The van der Waals surface area contributed by atoms with Crippen LogP contribution in [0.15, 0.2) is 18.2 Å². The second-order valence-electron chi connectivity index (χ2n) is 5.13. The fourth-order valence-corrected chi connectivity index (χ4v) is 2.82. The standard InChI is InChI=1S/C14H17Cl2N3O2/c15-10-1-2-12(11(16)7-10)18-13(20)8-19-5-3-9(4-6-19)14(17)21/h1-2,7,9H,3-6,8H2,(H2,17,21)(H,18,20). The number of likely N-dealkylation sites (tertiary alicyclic amines) is 1. The second kappa shape index (κ2) is 7.11. The van der Waals surface area contributed by atoms with E-state index >= 15 is 0 Å². The van der Waals surface area contributed by atoms with E-state index in [0.29, 0.717) is 41.7 Å². The van der Waals surface area contributed by atoms with Crippen molar-refractivity contribution in [1.82, 2.24) is 4.90 Å². The van der Waals surface area contributed by atoms with Gasteiger partial charge in [0.2, 0.25) is 11.8 Å². The van der Waals surface area contributed by atoms with Crippen molar-refractivity contribution in [3.8, 4) is 0 Å². The van der Waals surface area contributed by atoms with Crippen molar-refractivity contribution in [2.24, 2.45) is 11.7 Å². The molecular formula is C14H17Cl2N3O2. The molecule has 2 rings (SSSR count). The zero-order valence-electron chi connectivity index (χ0n) is 11.4. The summed E-state index contributed by atoms with van der Waals surface area (Å²) in [6.45, 7) is 1.65. The lowest BCUT2D eigenvalue weighted by Crippen LogP contribution is -2.42. The molecule has 1 saturated heterocycles. The first-order chi connectivity index (χ1) is 9.95. The molecule has 0 aliphatic carbocycles. The van der Waals surface area contributed by atoms with Gasteiger partial charge in [0.05, 0.1) is 17.3 Å². The molecule has 2 amide bonds. The van der Waals surface area contributed by atoms with Gasteiger partial charge in [0, 0.05) is 10.9 Å². The smallest absolute Gasteiger partial charge is 0.238 e. The lowest BCUT2D eigenvalue weighted by Gasteiger charge is -2.29. The molecule has 1 fully saturated rings. The van der Waals surface area contributed by atoms with Crippen LogP contribution >= 0.6 is 23.2 Å². The molecule has 1 aliphatic heterocycles. The van der Waals surface area contributed by atoms with Crippen molar-refractivity contribution >= 4 is 40.7 Å². The molecular weight excluding hydrogens is 313 g/mol. The highest BCUT2D eigenvalue weighted by atomic mass is 35.5. The number of nitrogens with one attached hydrogen (secondary N) is 1. The van der Waals surface area contributed by atoms with Crippen molar-refractivity contribution in [1.29, 1.82) is 0 Å². The van der Waals surface area contributed by atoms with E-state index in [-0.39, 0.29) is 24.3 Å². The van der Waals surface area contributed by atoms with Gasteiger partial charge in [0.1, 0.15) is 0 Å². The molecule has 3 N–H and O–H groups in total. The number of nitrogens with two attached hydrogens (primary N) is 1. The lowest BCUT2D eigenvalue weighted by atomic mass is 9.96. The number of rotatable bonds is 4. The zero-order chi connectivity index (χ0) is 15.4. The van der Waals surface area contributed by atoms with Crippen LogP contribution in [-0.4, -0.2) is 36.3 Å². The van der Waals surface area contributed by atoms with Crippen LogP contribution in [0, 0.1) is 5.92 Å². The summed E-state index contributed by atoms with van der Waals surface area (Å²) in [7, 11) is 0. The number of carbonyl (C=O) groups excluding carboxylic acids is 2. The predicted molar refractivity (Wildman–Crippen MR) is 83.5 cm³/mol. The topological polar surface area (TPSA) is 75.4 Å². The molecule has 0 atom stereocenters. The highest BCUT2D eigenvalue weighted by Gasteiger charge is 2.24. The SMILES string of the molecule is NC(=O)C1CCN(CC(=O)Nc2ccc(Cl)cc2Cl)CC1. The summed E-state index contributed by atoms with van der Waals surface area (Å²) in [6.07, 6.45) is 1.40. The van der Waals surface area contributed by atoms with Crippen molar-refractivity contribution in [2.75, 3.05) is 25.0 Å². The largest absolute Gasteiger partial charge is 0.369 e. The van der Waals surface area contributed by atoms with E-state index in [0.717, 1.165) is 0 Å². The van der Waals surface area contributed by atoms with E-state index in [4.69, 9.17) is 28.9 Å². The van der Waals surface area contributed by atoms with Gasteiger partial charge in [-0.25, -0.2) is 0 Å². The first kappa shape index (κ1) is 16.1. The fraction of sp³-hybridized carbons (Fsp3) is 0.429. The molecule has 0 unspecified atom stereocenters. The number of carbonyl (C=O) groups is 2. The van der Waals surface area contributed by atoms with Crippen LogP contribution in [0.25, 0.3) is 0 Å². The van der Waals surface area contributed by atoms with Gasteiger partial charge in [-0.05, 0) is 44.1 Å². The number of hydrogen-bond donors (Lipinski definition) is 2. The third-order valence-corrected chi connectivity index (χ3v) is 4.11. The van der Waals surface area contributed by atoms with Gasteiger partial charge >= 0.3 is 0 Å². The summed E-state index contributed by atoms with van der Waals surface area (Å²) >= 11 is 11.8. The molecule has 0 saturated carbocycles. The Bertz CT molecular complexity index is 543. The number of piperidine rings is 1. The Morgan fingerprint density at radius 3 is 2.52 bits per heavy atom. The molecule has 0 radical (unpaired) electrons. The number of nitrogens with zero attached hydrogens (tertiary/aromatic N) is 1. The molecule has 0 spiro atoms. The fourth-order valence-electron chi connectivity index (χ4n) is 2.36. The summed E-state index contributed by atoms with van der Waals surface area (Å²) in [6, 6.07) is 4.92. The molecule has 1 aromatic rings. The van der Waals surface area contributed by atoms with E-state index in [1.54, 1.807) is 18.2 Å². The van der Waals surface area contributed by atoms with Crippen molar-refractivity contribution in [2.45, 2.75) is 12.8 Å². The van der Waals surface area contributed by atoms with Crippen LogP contribution in [0.1, 0.15) is 12.8 Å². The number of hydrogen-bond acceptors (Lipinski definition) is 3. The monoisotopic (exact) mass is 329 g/mol. The third-order valence-electron chi connectivity index (χ3n) is 3.56. The lowest BCUT2D eigenvalue weighted by molar-refractivity contribution is -0.123. The minimum Gasteiger partial charge on any atom is -0.369 e. The van der Waals surface area contributed by atoms with Gasteiger partial charge in [0.15, 0.2) is 0 Å². The van der Waals surface area contributed by atoms with Gasteiger partial charge in [-0.1, -0.05) is 23.2 Å². The summed E-state index contributed by atoms with van der Waals surface area (Å²) < 4.78 is 0. The van der Waals surface area contributed by atoms with E-state index < -0.39 is 0 Å². The second-order valence-corrected chi connectivity index (χ2v) is 5.97. The van der Waals surface area contributed by atoms with Crippen LogP contribution in [0.5, 0.6) is 0 Å². The Morgan fingerprint density at radius 1 is 1.29 bits per heavy atom. The molecule has 1 aliphatic rings. The average Bonchev–Trinajstić information content (AvgIpc) is 2.42. The predicted octanol–water partition coefficient (Wildman–Crippen LogP) is 2.13. The quantitative estimate of drug-likeness (QED) is 0.888. The number of benzene rings is 1. The van der Waals surface area contributed by atoms with Crippen molar-refractivity contribution < 1.29 is 9.59 Å². The van der Waals surface area contributed by atoms with E-state index in [9.17, 15) is 9.59 Å². The van der Waals surface area contributed by atoms with Crippen LogP contribution in [0.2, 0.25) is 10.0 Å². The summed E-state index contributed by atoms with van der Waals surface area (Å²) in [5, 5.41) is 3.68. The maximum Gasteiger partial charge on any atom is 0.238 e. The first-order valence-electron chi connectivity index (χ1n) is 6.72. The zero-order valence-corrected chi connectivity index (χ0v) is 13.0. The summed E-state index contributed by atoms with van der Waals surface area (Å²) in [5.41, 5.74) is 5.82. The third kappa shape index (κ3) is 4.59. The maximum absolute atomic E-state index is 12.0. The first-order valence-corrected chi connectivity index (χ1v) is 7.48. The normalized spacial score (nSPS) is 16.7. The van der Waals surface area contributed by atoms with E-state index in [1.807, 2.05) is 4.90 Å². The molecule has 0 bridgehead atoms. The molecule has 0 aromatic heterocycles. The number of halogens is 2. The molecule has 21 heavy (non-hydrogen) atoms. The van der Waals surface area contributed by atoms with Gasteiger partial charge < -0.3 is 11.1 Å². The Kier molecular flexibility index (Phi) is 5.45. The average molecular weight is 330 g/mol. The van der Waals surface area contributed by atoms with Gasteiger partial charge in [-0.2, -0.15) is 0 Å². The Morgan fingerprint density at radius 2 is 1.95 bits per heavy atom. The molecule has 5 nitrogen and oxygen atoms in total. The molecule has 1 heterocycles. The number of anilines is 1. The van der Waals surface area contributed by atoms with E-state index in [2.05, 4.69) is 5.32 Å². The minimum absolute atomic E-state index is 0.0741. The minimum atomic E-state index is -0.257. The number of amides is 2. The van der Waals surface area contributed by atoms with Gasteiger partial charge in [-0.3, -0.25) is 14.5 Å². The molecule has 114 valence electrons. The van der Waals surface area contributed by atoms with Gasteiger partial charge in [0.25, 0.3) is 0 Å². The Labute approximate surface area is 133 Å². The summed E-state index contributed by atoms with van der Waals surface area (Å²) in [4.78, 5) is 25.1. The highest BCUT2D eigenvalue weighted by molar-refractivity contribution is 6.36. The van der Waals surface area contributed by atoms with Crippen molar-refractivity contribution in [3.63, 3.8) is 0 Å². The summed E-state index contributed by atoms with van der Waals surface area (Å²) in [5.74, 6) is -0.473. The van der Waals surface area contributed by atoms with E-state index in [1.165, 1.54) is 0 Å². The molecule has 7 heteroatoms. The maximum atomic E-state index is 12.0. The van der Waals surface area contributed by atoms with Crippen LogP contribution in [0.4, 0.5) is 5.69 Å². The number of primary amides is 1. The Balaban J connectivity index is 1.84. The van der Waals surface area contributed by atoms with Gasteiger partial charge in [-0.15, -0.1) is 0 Å².